The van der Waals surface area contributed by atoms with Crippen molar-refractivity contribution >= 4 is 5.71 Å². The largest absolute Gasteiger partial charge is 0.275 e. The van der Waals surface area contributed by atoms with Crippen LogP contribution in [0.3, 0.4) is 0 Å². The molecule has 158 valence electrons. The van der Waals surface area contributed by atoms with Gasteiger partial charge in [-0.1, -0.05) is 97.1 Å². The number of aliphatic imine (C=N–C) groups is 1. The van der Waals surface area contributed by atoms with E-state index in [2.05, 4.69) is 54.5 Å². The van der Waals surface area contributed by atoms with E-state index in [1.807, 2.05) is 66.7 Å². The molecule has 0 aromatic heterocycles. The quantitative estimate of drug-likeness (QED) is 0.239. The van der Waals surface area contributed by atoms with E-state index in [0.717, 1.165) is 33.5 Å². The topological polar surface area (TPSA) is 36.1 Å². The summed E-state index contributed by atoms with van der Waals surface area (Å²) < 4.78 is 0. The van der Waals surface area contributed by atoms with E-state index in [9.17, 15) is 5.26 Å². The highest BCUT2D eigenvalue weighted by Gasteiger charge is 2.17. The van der Waals surface area contributed by atoms with Gasteiger partial charge in [0.05, 0.1) is 23.4 Å². The summed E-state index contributed by atoms with van der Waals surface area (Å²) in [5.41, 5.74) is 7.08. The molecular weight excluding hydrogens is 400 g/mol. The summed E-state index contributed by atoms with van der Waals surface area (Å²) in [7, 11) is 0. The van der Waals surface area contributed by atoms with Crippen molar-refractivity contribution in [1.29, 1.82) is 5.26 Å². The fourth-order valence-corrected chi connectivity index (χ4v) is 3.99. The second-order valence-corrected chi connectivity index (χ2v) is 7.82. The Morgan fingerprint density at radius 1 is 0.788 bits per heavy atom. The SMILES string of the molecule is C#CCC(N=C(c1ccccc1)c1ccccc1)c1ccccc1Cc1cccc(C#N)c1. The zero-order valence-corrected chi connectivity index (χ0v) is 18.4. The lowest BCUT2D eigenvalue weighted by Crippen LogP contribution is -2.09. The maximum atomic E-state index is 9.27. The van der Waals surface area contributed by atoms with Gasteiger partial charge < -0.3 is 0 Å². The van der Waals surface area contributed by atoms with Crippen LogP contribution in [0.1, 0.15) is 45.8 Å². The smallest absolute Gasteiger partial charge is 0.0991 e. The highest BCUT2D eigenvalue weighted by atomic mass is 14.8. The molecule has 1 unspecified atom stereocenters. The first-order valence-corrected chi connectivity index (χ1v) is 11.0. The van der Waals surface area contributed by atoms with E-state index in [4.69, 9.17) is 11.4 Å². The molecule has 0 fully saturated rings. The molecule has 0 aliphatic heterocycles. The molecular formula is C31H24N2. The third-order valence-electron chi connectivity index (χ3n) is 5.56. The monoisotopic (exact) mass is 424 g/mol. The first-order chi connectivity index (χ1) is 16.3. The summed E-state index contributed by atoms with van der Waals surface area (Å²) in [5, 5.41) is 9.27. The average Bonchev–Trinajstić information content (AvgIpc) is 2.88. The summed E-state index contributed by atoms with van der Waals surface area (Å²) >= 11 is 0. The van der Waals surface area contributed by atoms with Gasteiger partial charge in [-0.15, -0.1) is 12.3 Å². The molecule has 0 saturated carbocycles. The van der Waals surface area contributed by atoms with Crippen LogP contribution in [0.4, 0.5) is 0 Å². The van der Waals surface area contributed by atoms with Crippen LogP contribution < -0.4 is 0 Å². The van der Waals surface area contributed by atoms with Crippen molar-refractivity contribution in [2.24, 2.45) is 4.99 Å². The fraction of sp³-hybridized carbons (Fsp3) is 0.0968. The van der Waals surface area contributed by atoms with Gasteiger partial charge >= 0.3 is 0 Å². The van der Waals surface area contributed by atoms with Gasteiger partial charge in [-0.2, -0.15) is 5.26 Å². The second kappa shape index (κ2) is 10.8. The molecule has 1 atom stereocenters. The Balaban J connectivity index is 1.79. The molecule has 0 spiro atoms. The van der Waals surface area contributed by atoms with E-state index in [1.165, 1.54) is 0 Å². The van der Waals surface area contributed by atoms with E-state index < -0.39 is 0 Å². The van der Waals surface area contributed by atoms with Crippen molar-refractivity contribution in [2.75, 3.05) is 0 Å². The number of terminal acetylenes is 1. The van der Waals surface area contributed by atoms with Gasteiger partial charge in [0.2, 0.25) is 0 Å². The number of rotatable bonds is 7. The first kappa shape index (κ1) is 21.8. The van der Waals surface area contributed by atoms with Gasteiger partial charge in [-0.05, 0) is 35.2 Å². The normalized spacial score (nSPS) is 11.1. The zero-order valence-electron chi connectivity index (χ0n) is 18.4. The molecule has 0 N–H and O–H groups in total. The Kier molecular flexibility index (Phi) is 7.11. The summed E-state index contributed by atoms with van der Waals surface area (Å²) in [6, 6.07) is 38.6. The molecule has 0 aliphatic carbocycles. The molecule has 4 rings (SSSR count). The Hall–Kier alpha value is -4.40. The predicted octanol–water partition coefficient (Wildman–Crippen LogP) is 6.75. The molecule has 0 saturated heterocycles. The van der Waals surface area contributed by atoms with Gasteiger partial charge in [0, 0.05) is 17.5 Å². The molecule has 4 aromatic rings. The minimum Gasteiger partial charge on any atom is -0.275 e. The van der Waals surface area contributed by atoms with Crippen LogP contribution in [0.25, 0.3) is 0 Å². The Morgan fingerprint density at radius 3 is 2.06 bits per heavy atom. The number of hydrogen-bond acceptors (Lipinski definition) is 2. The molecule has 0 aliphatic rings. The van der Waals surface area contributed by atoms with E-state index in [1.54, 1.807) is 0 Å². The minimum atomic E-state index is -0.180. The second-order valence-electron chi connectivity index (χ2n) is 7.82. The van der Waals surface area contributed by atoms with Crippen LogP contribution in [-0.4, -0.2) is 5.71 Å². The highest BCUT2D eigenvalue weighted by molar-refractivity contribution is 6.13. The van der Waals surface area contributed by atoms with Crippen LogP contribution in [0.2, 0.25) is 0 Å². The fourth-order valence-electron chi connectivity index (χ4n) is 3.99. The highest BCUT2D eigenvalue weighted by Crippen LogP contribution is 2.28. The molecule has 2 heteroatoms. The van der Waals surface area contributed by atoms with Crippen molar-refractivity contribution in [3.63, 3.8) is 0 Å². The van der Waals surface area contributed by atoms with Crippen LogP contribution in [0.15, 0.2) is 114 Å². The Bertz CT molecular complexity index is 1280. The third-order valence-corrected chi connectivity index (χ3v) is 5.56. The van der Waals surface area contributed by atoms with Gasteiger partial charge in [0.1, 0.15) is 0 Å². The third kappa shape index (κ3) is 5.45. The van der Waals surface area contributed by atoms with Crippen molar-refractivity contribution in [3.8, 4) is 18.4 Å². The Morgan fingerprint density at radius 2 is 1.42 bits per heavy atom. The lowest BCUT2D eigenvalue weighted by atomic mass is 9.93. The number of hydrogen-bond donors (Lipinski definition) is 0. The number of benzene rings is 4. The minimum absolute atomic E-state index is 0.180. The number of nitriles is 1. The summed E-state index contributed by atoms with van der Waals surface area (Å²) in [6.07, 6.45) is 7.02. The molecule has 4 aromatic carbocycles. The molecule has 33 heavy (non-hydrogen) atoms. The Labute approximate surface area is 195 Å². The lowest BCUT2D eigenvalue weighted by molar-refractivity contribution is 0.747. The van der Waals surface area contributed by atoms with Crippen LogP contribution in [0.5, 0.6) is 0 Å². The van der Waals surface area contributed by atoms with Crippen molar-refractivity contribution < 1.29 is 0 Å². The zero-order chi connectivity index (χ0) is 22.9. The van der Waals surface area contributed by atoms with Gasteiger partial charge in [0.25, 0.3) is 0 Å². The van der Waals surface area contributed by atoms with E-state index in [-0.39, 0.29) is 6.04 Å². The average molecular weight is 425 g/mol. The standard InChI is InChI=1S/C31H24N2/c1-2-12-30(33-31(26-15-5-3-6-16-26)27-17-7-4-8-18-27)29-20-10-9-19-28(29)22-24-13-11-14-25(21-24)23-32/h1,3-11,13-21,30H,12,22H2. The van der Waals surface area contributed by atoms with Crippen LogP contribution in [-0.2, 0) is 6.42 Å². The van der Waals surface area contributed by atoms with E-state index >= 15 is 0 Å². The van der Waals surface area contributed by atoms with Gasteiger partial charge in [0.15, 0.2) is 0 Å². The summed E-state index contributed by atoms with van der Waals surface area (Å²) in [5.74, 6) is 2.83. The molecule has 0 heterocycles. The van der Waals surface area contributed by atoms with Crippen molar-refractivity contribution in [2.45, 2.75) is 18.9 Å². The summed E-state index contributed by atoms with van der Waals surface area (Å²) in [6.45, 7) is 0. The van der Waals surface area contributed by atoms with Crippen LogP contribution in [0, 0.1) is 23.7 Å². The maximum Gasteiger partial charge on any atom is 0.0991 e. The first-order valence-electron chi connectivity index (χ1n) is 11.0. The van der Waals surface area contributed by atoms with Crippen LogP contribution >= 0.6 is 0 Å². The van der Waals surface area contributed by atoms with E-state index in [0.29, 0.717) is 18.4 Å². The predicted molar refractivity (Wildman–Crippen MR) is 135 cm³/mol. The van der Waals surface area contributed by atoms with Crippen molar-refractivity contribution in [1.82, 2.24) is 0 Å². The summed E-state index contributed by atoms with van der Waals surface area (Å²) in [4.78, 5) is 5.23. The van der Waals surface area contributed by atoms with Gasteiger partial charge in [-0.3, -0.25) is 4.99 Å². The molecule has 0 radical (unpaired) electrons. The molecule has 0 bridgehead atoms. The van der Waals surface area contributed by atoms with Crippen molar-refractivity contribution in [3.05, 3.63) is 143 Å². The number of nitrogens with zero attached hydrogens (tertiary/aromatic N) is 2. The molecule has 2 nitrogen and oxygen atoms in total. The maximum absolute atomic E-state index is 9.27. The lowest BCUT2D eigenvalue weighted by Gasteiger charge is -2.18. The van der Waals surface area contributed by atoms with Gasteiger partial charge in [-0.25, -0.2) is 0 Å². The molecule has 0 amide bonds.